The Labute approximate surface area is 82.4 Å². The molecule has 14 heavy (non-hydrogen) atoms. The lowest BCUT2D eigenvalue weighted by molar-refractivity contribution is -0.144. The molecule has 80 valence electrons. The first-order valence-electron chi connectivity index (χ1n) is 4.76. The Morgan fingerprint density at radius 2 is 2.21 bits per heavy atom. The molecule has 2 N–H and O–H groups in total. The van der Waals surface area contributed by atoms with Crippen LogP contribution in [0.25, 0.3) is 0 Å². The number of aliphatic carboxylic acids is 1. The maximum Gasteiger partial charge on any atom is 0.325 e. The van der Waals surface area contributed by atoms with Gasteiger partial charge in [-0.05, 0) is 26.2 Å². The molecule has 0 aromatic heterocycles. The highest BCUT2D eigenvalue weighted by molar-refractivity contribution is 5.86. The maximum atomic E-state index is 11.4. The second-order valence-corrected chi connectivity index (χ2v) is 3.42. The van der Waals surface area contributed by atoms with Crippen molar-refractivity contribution >= 4 is 11.9 Å². The van der Waals surface area contributed by atoms with Gasteiger partial charge in [-0.1, -0.05) is 0 Å². The van der Waals surface area contributed by atoms with Crippen LogP contribution < -0.4 is 5.32 Å². The number of carboxylic acid groups (broad SMARTS) is 1. The first-order chi connectivity index (χ1) is 6.61. The normalized spacial score (nSPS) is 23.9. The molecule has 1 fully saturated rings. The monoisotopic (exact) mass is 201 g/mol. The van der Waals surface area contributed by atoms with Crippen LogP contribution >= 0.6 is 0 Å². The number of nitrogens with one attached hydrogen (secondary N) is 1. The van der Waals surface area contributed by atoms with Gasteiger partial charge < -0.3 is 15.2 Å². The molecule has 0 bridgehead atoms. The Balaban J connectivity index is 2.36. The number of amides is 1. The molecular formula is C9H15NO4. The maximum absolute atomic E-state index is 11.4. The van der Waals surface area contributed by atoms with E-state index < -0.39 is 18.1 Å². The van der Waals surface area contributed by atoms with Gasteiger partial charge in [0.05, 0.1) is 0 Å². The zero-order chi connectivity index (χ0) is 10.6. The molecule has 2 unspecified atom stereocenters. The Morgan fingerprint density at radius 3 is 2.71 bits per heavy atom. The number of hydrogen-bond donors (Lipinski definition) is 2. The van der Waals surface area contributed by atoms with Crippen molar-refractivity contribution in [3.05, 3.63) is 0 Å². The smallest absolute Gasteiger partial charge is 0.325 e. The summed E-state index contributed by atoms with van der Waals surface area (Å²) >= 11 is 0. The van der Waals surface area contributed by atoms with Gasteiger partial charge in [0, 0.05) is 6.61 Å². The minimum Gasteiger partial charge on any atom is -0.480 e. The molecule has 1 saturated heterocycles. The van der Waals surface area contributed by atoms with E-state index in [1.165, 1.54) is 6.92 Å². The number of ether oxygens (including phenoxy) is 1. The van der Waals surface area contributed by atoms with Gasteiger partial charge >= 0.3 is 5.97 Å². The SMILES string of the molecule is CC(NC(=O)C1CCCCO1)C(=O)O. The Morgan fingerprint density at radius 1 is 1.50 bits per heavy atom. The van der Waals surface area contributed by atoms with E-state index in [0.29, 0.717) is 13.0 Å². The van der Waals surface area contributed by atoms with Crippen LogP contribution in [0.5, 0.6) is 0 Å². The fraction of sp³-hybridized carbons (Fsp3) is 0.778. The second-order valence-electron chi connectivity index (χ2n) is 3.42. The average molecular weight is 201 g/mol. The summed E-state index contributed by atoms with van der Waals surface area (Å²) < 4.78 is 5.22. The van der Waals surface area contributed by atoms with Gasteiger partial charge in [0.2, 0.25) is 5.91 Å². The number of carbonyl (C=O) groups excluding carboxylic acids is 1. The largest absolute Gasteiger partial charge is 0.480 e. The van der Waals surface area contributed by atoms with E-state index in [1.807, 2.05) is 0 Å². The summed E-state index contributed by atoms with van der Waals surface area (Å²) in [6.07, 6.45) is 2.14. The minimum absolute atomic E-state index is 0.320. The standard InChI is InChI=1S/C9H15NO4/c1-6(9(12)13)10-8(11)7-4-2-3-5-14-7/h6-7H,2-5H2,1H3,(H,10,11)(H,12,13). The van der Waals surface area contributed by atoms with Crippen molar-refractivity contribution in [2.24, 2.45) is 0 Å². The quantitative estimate of drug-likeness (QED) is 0.681. The summed E-state index contributed by atoms with van der Waals surface area (Å²) in [4.78, 5) is 21.9. The molecule has 0 aromatic rings. The van der Waals surface area contributed by atoms with Gasteiger partial charge in [0.15, 0.2) is 0 Å². The molecule has 0 aliphatic carbocycles. The van der Waals surface area contributed by atoms with Gasteiger partial charge in [-0.3, -0.25) is 9.59 Å². The average Bonchev–Trinajstić information content (AvgIpc) is 2.19. The van der Waals surface area contributed by atoms with Crippen LogP contribution in [-0.2, 0) is 14.3 Å². The van der Waals surface area contributed by atoms with Crippen LogP contribution in [0.1, 0.15) is 26.2 Å². The van der Waals surface area contributed by atoms with Gasteiger partial charge in [-0.2, -0.15) is 0 Å². The van der Waals surface area contributed by atoms with E-state index >= 15 is 0 Å². The molecule has 0 radical (unpaired) electrons. The summed E-state index contributed by atoms with van der Waals surface area (Å²) in [6.45, 7) is 2.02. The number of rotatable bonds is 3. The number of hydrogen-bond acceptors (Lipinski definition) is 3. The summed E-state index contributed by atoms with van der Waals surface area (Å²) in [5.74, 6) is -1.35. The van der Waals surface area contributed by atoms with Crippen LogP contribution in [0.4, 0.5) is 0 Å². The molecular weight excluding hydrogens is 186 g/mol. The fourth-order valence-corrected chi connectivity index (χ4v) is 1.32. The molecule has 5 heteroatoms. The lowest BCUT2D eigenvalue weighted by Gasteiger charge is -2.22. The molecule has 0 aromatic carbocycles. The fourth-order valence-electron chi connectivity index (χ4n) is 1.32. The van der Waals surface area contributed by atoms with Gasteiger partial charge in [-0.25, -0.2) is 0 Å². The summed E-state index contributed by atoms with van der Waals surface area (Å²) in [7, 11) is 0. The second kappa shape index (κ2) is 4.95. The molecule has 1 rings (SSSR count). The zero-order valence-electron chi connectivity index (χ0n) is 8.16. The molecule has 2 atom stereocenters. The summed E-state index contributed by atoms with van der Waals surface area (Å²) in [5, 5.41) is 11.0. The summed E-state index contributed by atoms with van der Waals surface area (Å²) in [5.41, 5.74) is 0. The van der Waals surface area contributed by atoms with Crippen LogP contribution in [0.15, 0.2) is 0 Å². The Hall–Kier alpha value is -1.10. The van der Waals surface area contributed by atoms with Crippen molar-refractivity contribution in [2.45, 2.75) is 38.3 Å². The third kappa shape index (κ3) is 2.99. The highest BCUT2D eigenvalue weighted by atomic mass is 16.5. The topological polar surface area (TPSA) is 75.6 Å². The molecule has 5 nitrogen and oxygen atoms in total. The zero-order valence-corrected chi connectivity index (χ0v) is 8.16. The summed E-state index contributed by atoms with van der Waals surface area (Å²) in [6, 6.07) is -0.854. The van der Waals surface area contributed by atoms with Crippen molar-refractivity contribution in [3.8, 4) is 0 Å². The lowest BCUT2D eigenvalue weighted by atomic mass is 10.1. The molecule has 0 spiro atoms. The highest BCUT2D eigenvalue weighted by Crippen LogP contribution is 2.12. The van der Waals surface area contributed by atoms with E-state index in [2.05, 4.69) is 5.32 Å². The predicted molar refractivity (Wildman–Crippen MR) is 48.8 cm³/mol. The van der Waals surface area contributed by atoms with Gasteiger partial charge in [0.25, 0.3) is 0 Å². The van der Waals surface area contributed by atoms with Gasteiger partial charge in [-0.15, -0.1) is 0 Å². The first-order valence-corrected chi connectivity index (χ1v) is 4.76. The molecule has 1 aliphatic rings. The van der Waals surface area contributed by atoms with E-state index in [0.717, 1.165) is 12.8 Å². The molecule has 1 amide bonds. The van der Waals surface area contributed by atoms with E-state index in [4.69, 9.17) is 9.84 Å². The first kappa shape index (κ1) is 11.0. The Kier molecular flexibility index (Phi) is 3.88. The lowest BCUT2D eigenvalue weighted by Crippen LogP contribution is -2.45. The third-order valence-corrected chi connectivity index (χ3v) is 2.20. The van der Waals surface area contributed by atoms with Crippen LogP contribution in [0, 0.1) is 0 Å². The molecule has 1 aliphatic heterocycles. The third-order valence-electron chi connectivity index (χ3n) is 2.20. The van der Waals surface area contributed by atoms with E-state index in [1.54, 1.807) is 0 Å². The van der Waals surface area contributed by atoms with Crippen molar-refractivity contribution in [1.82, 2.24) is 5.32 Å². The van der Waals surface area contributed by atoms with E-state index in [9.17, 15) is 9.59 Å². The number of carbonyl (C=O) groups is 2. The van der Waals surface area contributed by atoms with Crippen molar-refractivity contribution < 1.29 is 19.4 Å². The van der Waals surface area contributed by atoms with Crippen LogP contribution in [0.3, 0.4) is 0 Å². The van der Waals surface area contributed by atoms with E-state index in [-0.39, 0.29) is 5.91 Å². The predicted octanol–water partition coefficient (Wildman–Crippen LogP) is 0.145. The molecule has 0 saturated carbocycles. The van der Waals surface area contributed by atoms with Crippen molar-refractivity contribution in [2.75, 3.05) is 6.61 Å². The highest BCUT2D eigenvalue weighted by Gasteiger charge is 2.24. The Bertz CT molecular complexity index is 223. The van der Waals surface area contributed by atoms with Crippen molar-refractivity contribution in [3.63, 3.8) is 0 Å². The minimum atomic E-state index is -1.03. The van der Waals surface area contributed by atoms with Crippen LogP contribution in [0.2, 0.25) is 0 Å². The van der Waals surface area contributed by atoms with Crippen molar-refractivity contribution in [1.29, 1.82) is 0 Å². The molecule has 1 heterocycles. The van der Waals surface area contributed by atoms with Gasteiger partial charge in [0.1, 0.15) is 12.1 Å². The number of carboxylic acids is 1. The van der Waals surface area contributed by atoms with Crippen LogP contribution in [-0.4, -0.2) is 35.7 Å².